The summed E-state index contributed by atoms with van der Waals surface area (Å²) in [6.07, 6.45) is 7.75. The third-order valence-corrected chi connectivity index (χ3v) is 3.13. The summed E-state index contributed by atoms with van der Waals surface area (Å²) in [5, 5.41) is 3.69. The molecule has 1 rings (SSSR count). The molecule has 0 aliphatic heterocycles. The zero-order valence-corrected chi connectivity index (χ0v) is 12.1. The van der Waals surface area contributed by atoms with Crippen LogP contribution in [0.4, 0.5) is 0 Å². The van der Waals surface area contributed by atoms with Gasteiger partial charge in [-0.2, -0.15) is 0 Å². The molecule has 1 unspecified atom stereocenters. The van der Waals surface area contributed by atoms with E-state index < -0.39 is 0 Å². The summed E-state index contributed by atoms with van der Waals surface area (Å²) < 4.78 is 0. The molecule has 1 saturated carbocycles. The zero-order valence-electron chi connectivity index (χ0n) is 12.1. The molecule has 1 N–H and O–H groups in total. The van der Waals surface area contributed by atoms with Crippen molar-refractivity contribution in [2.45, 2.75) is 72.3 Å². The van der Waals surface area contributed by atoms with Crippen LogP contribution in [0.2, 0.25) is 0 Å². The fraction of sp³-hybridized carbons (Fsp3) is 0.875. The smallest absolute Gasteiger partial charge is 0.0230 e. The molecule has 0 aromatic rings. The van der Waals surface area contributed by atoms with E-state index in [0.29, 0.717) is 0 Å². The van der Waals surface area contributed by atoms with Crippen molar-refractivity contribution in [3.63, 3.8) is 0 Å². The molecule has 1 aliphatic carbocycles. The minimum absolute atomic E-state index is 0.163. The Morgan fingerprint density at radius 3 is 2.53 bits per heavy atom. The maximum atomic E-state index is 3.69. The van der Waals surface area contributed by atoms with Crippen LogP contribution in [0.15, 0.2) is 0 Å². The van der Waals surface area contributed by atoms with Crippen molar-refractivity contribution in [1.29, 1.82) is 0 Å². The van der Waals surface area contributed by atoms with E-state index in [9.17, 15) is 0 Å². The molecule has 98 valence electrons. The van der Waals surface area contributed by atoms with Crippen molar-refractivity contribution in [2.24, 2.45) is 11.3 Å². The van der Waals surface area contributed by atoms with Gasteiger partial charge in [-0.3, -0.25) is 0 Å². The van der Waals surface area contributed by atoms with Crippen molar-refractivity contribution >= 4 is 0 Å². The van der Waals surface area contributed by atoms with Crippen LogP contribution < -0.4 is 5.32 Å². The van der Waals surface area contributed by atoms with Gasteiger partial charge in [0.25, 0.3) is 0 Å². The van der Waals surface area contributed by atoms with Gasteiger partial charge in [0.1, 0.15) is 0 Å². The van der Waals surface area contributed by atoms with Crippen molar-refractivity contribution < 1.29 is 0 Å². The molecule has 1 aliphatic rings. The second-order valence-corrected chi connectivity index (χ2v) is 6.34. The van der Waals surface area contributed by atoms with E-state index in [0.717, 1.165) is 18.4 Å². The van der Waals surface area contributed by atoms with Gasteiger partial charge in [0.2, 0.25) is 0 Å². The highest BCUT2D eigenvalue weighted by atomic mass is 14.9. The SMILES string of the molecule is CCCNC(CCCC#CC(C)(C)C)C1CC1. The van der Waals surface area contributed by atoms with Gasteiger partial charge in [0.05, 0.1) is 0 Å². The summed E-state index contributed by atoms with van der Waals surface area (Å²) in [4.78, 5) is 0. The third-order valence-electron chi connectivity index (χ3n) is 3.13. The number of hydrogen-bond donors (Lipinski definition) is 1. The number of unbranched alkanes of at least 4 members (excludes halogenated alkanes) is 1. The van der Waals surface area contributed by atoms with Gasteiger partial charge in [-0.15, -0.1) is 5.92 Å². The summed E-state index contributed by atoms with van der Waals surface area (Å²) in [5.41, 5.74) is 0.163. The maximum Gasteiger partial charge on any atom is 0.0230 e. The van der Waals surface area contributed by atoms with Crippen LogP contribution in [0.5, 0.6) is 0 Å². The highest BCUT2D eigenvalue weighted by Gasteiger charge is 2.29. The zero-order chi connectivity index (χ0) is 12.7. The first kappa shape index (κ1) is 14.6. The van der Waals surface area contributed by atoms with Crippen LogP contribution in [0.3, 0.4) is 0 Å². The molecule has 17 heavy (non-hydrogen) atoms. The van der Waals surface area contributed by atoms with Gasteiger partial charge in [0.15, 0.2) is 0 Å². The van der Waals surface area contributed by atoms with Gasteiger partial charge in [0, 0.05) is 17.9 Å². The van der Waals surface area contributed by atoms with E-state index in [1.54, 1.807) is 0 Å². The van der Waals surface area contributed by atoms with Crippen molar-refractivity contribution in [3.05, 3.63) is 0 Å². The molecular formula is C16H29N. The van der Waals surface area contributed by atoms with E-state index in [1.165, 1.54) is 38.6 Å². The topological polar surface area (TPSA) is 12.0 Å². The van der Waals surface area contributed by atoms with Crippen LogP contribution in [-0.4, -0.2) is 12.6 Å². The normalized spacial score (nSPS) is 17.4. The van der Waals surface area contributed by atoms with Crippen LogP contribution in [-0.2, 0) is 0 Å². The molecule has 0 amide bonds. The summed E-state index contributed by atoms with van der Waals surface area (Å²) in [6, 6.07) is 0.770. The molecule has 0 spiro atoms. The lowest BCUT2D eigenvalue weighted by Gasteiger charge is -2.17. The molecule has 0 saturated heterocycles. The van der Waals surface area contributed by atoms with Crippen LogP contribution in [0.1, 0.15) is 66.2 Å². The van der Waals surface area contributed by atoms with E-state index >= 15 is 0 Å². The minimum Gasteiger partial charge on any atom is -0.314 e. The first-order valence-electron chi connectivity index (χ1n) is 7.26. The highest BCUT2D eigenvalue weighted by Crippen LogP contribution is 2.34. The summed E-state index contributed by atoms with van der Waals surface area (Å²) in [6.45, 7) is 9.95. The van der Waals surface area contributed by atoms with Crippen molar-refractivity contribution in [2.75, 3.05) is 6.54 Å². The lowest BCUT2D eigenvalue weighted by molar-refractivity contribution is 0.427. The average Bonchev–Trinajstić information content (AvgIpc) is 3.04. The first-order chi connectivity index (χ1) is 8.03. The Hall–Kier alpha value is -0.480. The Labute approximate surface area is 108 Å². The van der Waals surface area contributed by atoms with E-state index in [-0.39, 0.29) is 5.41 Å². The Kier molecular flexibility index (Phi) is 6.06. The van der Waals surface area contributed by atoms with Gasteiger partial charge in [-0.25, -0.2) is 0 Å². The van der Waals surface area contributed by atoms with Crippen LogP contribution in [0, 0.1) is 23.2 Å². The summed E-state index contributed by atoms with van der Waals surface area (Å²) in [7, 11) is 0. The van der Waals surface area contributed by atoms with E-state index in [1.807, 2.05) is 0 Å². The van der Waals surface area contributed by atoms with Gasteiger partial charge in [-0.05, 0) is 65.3 Å². The third kappa shape index (κ3) is 7.45. The van der Waals surface area contributed by atoms with Crippen molar-refractivity contribution in [3.8, 4) is 11.8 Å². The Morgan fingerprint density at radius 2 is 2.00 bits per heavy atom. The fourth-order valence-electron chi connectivity index (χ4n) is 2.07. The van der Waals surface area contributed by atoms with E-state index in [2.05, 4.69) is 44.9 Å². The summed E-state index contributed by atoms with van der Waals surface area (Å²) >= 11 is 0. The van der Waals surface area contributed by atoms with Crippen LogP contribution >= 0.6 is 0 Å². The maximum absolute atomic E-state index is 3.69. The predicted molar refractivity (Wildman–Crippen MR) is 75.9 cm³/mol. The number of hydrogen-bond acceptors (Lipinski definition) is 1. The molecule has 0 aromatic heterocycles. The molecule has 1 atom stereocenters. The Balaban J connectivity index is 2.15. The lowest BCUT2D eigenvalue weighted by atomic mass is 9.97. The average molecular weight is 235 g/mol. The predicted octanol–water partition coefficient (Wildman–Crippen LogP) is 3.98. The fourth-order valence-corrected chi connectivity index (χ4v) is 2.07. The number of nitrogens with one attached hydrogen (secondary N) is 1. The first-order valence-corrected chi connectivity index (χ1v) is 7.26. The van der Waals surface area contributed by atoms with E-state index in [4.69, 9.17) is 0 Å². The quantitative estimate of drug-likeness (QED) is 0.520. The molecular weight excluding hydrogens is 206 g/mol. The van der Waals surface area contributed by atoms with Crippen LogP contribution in [0.25, 0.3) is 0 Å². The molecule has 0 bridgehead atoms. The monoisotopic (exact) mass is 235 g/mol. The number of rotatable bonds is 7. The standard InChI is InChI=1S/C16H29N/c1-5-13-17-15(14-10-11-14)9-7-6-8-12-16(2,3)4/h14-15,17H,5-7,9-11,13H2,1-4H3. The molecule has 0 radical (unpaired) electrons. The van der Waals surface area contributed by atoms with Gasteiger partial charge in [-0.1, -0.05) is 12.8 Å². The summed E-state index contributed by atoms with van der Waals surface area (Å²) in [5.74, 6) is 7.60. The minimum atomic E-state index is 0.163. The Morgan fingerprint density at radius 1 is 1.29 bits per heavy atom. The molecule has 1 nitrogen and oxygen atoms in total. The second kappa shape index (κ2) is 7.07. The highest BCUT2D eigenvalue weighted by molar-refractivity contribution is 5.07. The molecule has 1 heteroatoms. The lowest BCUT2D eigenvalue weighted by Crippen LogP contribution is -2.31. The molecule has 0 heterocycles. The van der Waals surface area contributed by atoms with Gasteiger partial charge < -0.3 is 5.32 Å². The largest absolute Gasteiger partial charge is 0.314 e. The Bertz CT molecular complexity index is 259. The molecule has 1 fully saturated rings. The molecule has 0 aromatic carbocycles. The second-order valence-electron chi connectivity index (χ2n) is 6.34. The van der Waals surface area contributed by atoms with Crippen molar-refractivity contribution in [1.82, 2.24) is 5.32 Å². The van der Waals surface area contributed by atoms with Gasteiger partial charge >= 0.3 is 0 Å².